The van der Waals surface area contributed by atoms with Gasteiger partial charge in [0, 0.05) is 24.9 Å². The number of ether oxygens (including phenoxy) is 1. The molecule has 2 amide bonds. The van der Waals surface area contributed by atoms with Crippen LogP contribution in [0.15, 0.2) is 5.38 Å². The van der Waals surface area contributed by atoms with E-state index < -0.39 is 23.7 Å². The number of likely N-dealkylation sites (N-methyl/N-ethyl adjacent to an activating group) is 2. The molecule has 36 heavy (non-hydrogen) atoms. The van der Waals surface area contributed by atoms with Crippen LogP contribution in [0.2, 0.25) is 0 Å². The molecule has 204 valence electrons. The van der Waals surface area contributed by atoms with Crippen LogP contribution >= 0.6 is 11.3 Å². The number of hydrogen-bond acceptors (Lipinski definition) is 8. The van der Waals surface area contributed by atoms with E-state index in [1.807, 2.05) is 41.7 Å². The van der Waals surface area contributed by atoms with Crippen LogP contribution < -0.4 is 5.32 Å². The molecule has 0 aromatic carbocycles. The molecule has 1 fully saturated rings. The maximum atomic E-state index is 13.8. The third-order valence-electron chi connectivity index (χ3n) is 7.63. The Morgan fingerprint density at radius 1 is 1.31 bits per heavy atom. The minimum Gasteiger partial charge on any atom is -0.461 e. The molecule has 2 heterocycles. The maximum absolute atomic E-state index is 13.8. The number of amides is 2. The number of aliphatic hydroxyl groups excluding tert-OH is 1. The molecule has 0 saturated carbocycles. The summed E-state index contributed by atoms with van der Waals surface area (Å²) in [5.74, 6) is -0.814. The van der Waals surface area contributed by atoms with Gasteiger partial charge in [0.2, 0.25) is 11.8 Å². The minimum atomic E-state index is -0.941. The summed E-state index contributed by atoms with van der Waals surface area (Å²) in [5.41, 5.74) is -0.453. The molecule has 1 aliphatic rings. The molecule has 0 aliphatic carbocycles. The van der Waals surface area contributed by atoms with Gasteiger partial charge in [-0.3, -0.25) is 14.5 Å². The Morgan fingerprint density at radius 2 is 1.97 bits per heavy atom. The molecule has 0 bridgehead atoms. The fraction of sp³-hybridized carbons (Fsp3) is 0.769. The number of likely N-dealkylation sites (tertiary alicyclic amines) is 1. The number of carbonyl (C=O) groups excluding carboxylic acids is 3. The van der Waals surface area contributed by atoms with Gasteiger partial charge in [0.15, 0.2) is 5.69 Å². The summed E-state index contributed by atoms with van der Waals surface area (Å²) in [7, 11) is 3.68. The summed E-state index contributed by atoms with van der Waals surface area (Å²) in [4.78, 5) is 47.0. The van der Waals surface area contributed by atoms with Gasteiger partial charge >= 0.3 is 5.97 Å². The van der Waals surface area contributed by atoms with Crippen molar-refractivity contribution in [2.45, 2.75) is 91.0 Å². The first-order chi connectivity index (χ1) is 16.9. The summed E-state index contributed by atoms with van der Waals surface area (Å²) >= 11 is 1.20. The molecule has 1 aromatic rings. The third-order valence-corrected chi connectivity index (χ3v) is 8.57. The van der Waals surface area contributed by atoms with Crippen molar-refractivity contribution >= 4 is 29.1 Å². The highest BCUT2D eigenvalue weighted by Gasteiger charge is 2.43. The van der Waals surface area contributed by atoms with Gasteiger partial charge in [-0.25, -0.2) is 9.78 Å². The monoisotopic (exact) mass is 524 g/mol. The van der Waals surface area contributed by atoms with Crippen LogP contribution in [0, 0.1) is 11.8 Å². The van der Waals surface area contributed by atoms with E-state index in [4.69, 9.17) is 4.74 Å². The van der Waals surface area contributed by atoms with Crippen LogP contribution in [0.1, 0.15) is 88.8 Å². The predicted molar refractivity (Wildman–Crippen MR) is 141 cm³/mol. The lowest BCUT2D eigenvalue weighted by molar-refractivity contribution is -0.142. The van der Waals surface area contributed by atoms with Gasteiger partial charge in [-0.1, -0.05) is 34.1 Å². The van der Waals surface area contributed by atoms with Crippen LogP contribution in [0.5, 0.6) is 0 Å². The van der Waals surface area contributed by atoms with Crippen LogP contribution in [0.25, 0.3) is 0 Å². The zero-order valence-corrected chi connectivity index (χ0v) is 23.9. The average Bonchev–Trinajstić information content (AvgIpc) is 3.47. The number of nitrogens with one attached hydrogen (secondary N) is 1. The third kappa shape index (κ3) is 6.83. The number of thiazole rings is 1. The summed E-state index contributed by atoms with van der Waals surface area (Å²) in [5, 5.41) is 16.0. The van der Waals surface area contributed by atoms with Gasteiger partial charge in [-0.05, 0) is 52.1 Å². The number of esters is 1. The van der Waals surface area contributed by atoms with E-state index in [9.17, 15) is 19.5 Å². The molecule has 1 aromatic heterocycles. The SMILES string of the molecule is CCOC(=O)c1csc(C(O)CC(C(C)C)N(C)C(=O)C(NC(=O)[C@@]2(C)CCCN2C)C(C)CC)n1. The lowest BCUT2D eigenvalue weighted by Crippen LogP contribution is -2.60. The number of hydrogen-bond donors (Lipinski definition) is 2. The maximum Gasteiger partial charge on any atom is 0.357 e. The lowest BCUT2D eigenvalue weighted by atomic mass is 9.91. The molecule has 5 atom stereocenters. The molecule has 0 radical (unpaired) electrons. The van der Waals surface area contributed by atoms with Crippen molar-refractivity contribution in [2.24, 2.45) is 11.8 Å². The highest BCUT2D eigenvalue weighted by atomic mass is 32.1. The number of nitrogens with zero attached hydrogens (tertiary/aromatic N) is 3. The van der Waals surface area contributed by atoms with Crippen molar-refractivity contribution in [2.75, 3.05) is 27.2 Å². The summed E-state index contributed by atoms with van der Waals surface area (Å²) in [6, 6.07) is -0.956. The molecule has 2 N–H and O–H groups in total. The first kappa shape index (κ1) is 30.2. The molecule has 4 unspecified atom stereocenters. The van der Waals surface area contributed by atoms with Gasteiger partial charge in [0.25, 0.3) is 0 Å². The fourth-order valence-corrected chi connectivity index (χ4v) is 5.48. The van der Waals surface area contributed by atoms with Crippen molar-refractivity contribution in [1.29, 1.82) is 0 Å². The van der Waals surface area contributed by atoms with Crippen molar-refractivity contribution in [3.63, 3.8) is 0 Å². The van der Waals surface area contributed by atoms with Crippen molar-refractivity contribution in [3.8, 4) is 0 Å². The Kier molecular flexibility index (Phi) is 10.9. The van der Waals surface area contributed by atoms with Crippen molar-refractivity contribution in [3.05, 3.63) is 16.1 Å². The van der Waals surface area contributed by atoms with Gasteiger partial charge in [0.1, 0.15) is 17.2 Å². The Morgan fingerprint density at radius 3 is 2.50 bits per heavy atom. The average molecular weight is 525 g/mol. The normalized spacial score (nSPS) is 21.6. The van der Waals surface area contributed by atoms with Gasteiger partial charge in [-0.2, -0.15) is 0 Å². The van der Waals surface area contributed by atoms with E-state index >= 15 is 0 Å². The zero-order chi connectivity index (χ0) is 27.2. The second-order valence-electron chi connectivity index (χ2n) is 10.4. The van der Waals surface area contributed by atoms with Crippen LogP contribution in [0.3, 0.4) is 0 Å². The summed E-state index contributed by atoms with van der Waals surface area (Å²) in [6.45, 7) is 12.7. The van der Waals surface area contributed by atoms with Crippen molar-refractivity contribution in [1.82, 2.24) is 20.1 Å². The van der Waals surface area contributed by atoms with E-state index in [1.165, 1.54) is 11.3 Å². The number of aromatic nitrogens is 1. The Balaban J connectivity index is 2.19. The highest BCUT2D eigenvalue weighted by Crippen LogP contribution is 2.30. The second kappa shape index (κ2) is 13.0. The fourth-order valence-electron chi connectivity index (χ4n) is 4.69. The number of rotatable bonds is 12. The first-order valence-corrected chi connectivity index (χ1v) is 13.8. The van der Waals surface area contributed by atoms with E-state index in [-0.39, 0.29) is 48.4 Å². The molecular weight excluding hydrogens is 480 g/mol. The van der Waals surface area contributed by atoms with Crippen LogP contribution in [-0.2, 0) is 14.3 Å². The van der Waals surface area contributed by atoms with Crippen LogP contribution in [-0.4, -0.2) is 82.5 Å². The first-order valence-electron chi connectivity index (χ1n) is 13.0. The Hall–Kier alpha value is -2.04. The molecule has 10 heteroatoms. The Bertz CT molecular complexity index is 907. The van der Waals surface area contributed by atoms with E-state index in [1.54, 1.807) is 24.3 Å². The number of aliphatic hydroxyl groups is 1. The summed E-state index contributed by atoms with van der Waals surface area (Å²) < 4.78 is 4.98. The molecule has 0 spiro atoms. The standard InChI is InChI=1S/C26H44N4O5S/c1-9-17(5)21(28-25(34)26(6)12-11-13-29(26)7)23(32)30(8)19(16(3)4)14-20(31)22-27-18(15-36-22)24(33)35-10-2/h15-17,19-21,31H,9-14H2,1-8H3,(H,28,34)/t17?,19?,20?,21?,26-/m1/s1. The van der Waals surface area contributed by atoms with E-state index in [0.29, 0.717) is 5.01 Å². The quantitative estimate of drug-likeness (QED) is 0.404. The minimum absolute atomic E-state index is 0.0462. The van der Waals surface area contributed by atoms with Crippen LogP contribution in [0.4, 0.5) is 0 Å². The van der Waals surface area contributed by atoms with E-state index in [0.717, 1.165) is 25.8 Å². The van der Waals surface area contributed by atoms with Gasteiger partial charge in [-0.15, -0.1) is 11.3 Å². The highest BCUT2D eigenvalue weighted by molar-refractivity contribution is 7.09. The van der Waals surface area contributed by atoms with Gasteiger partial charge < -0.3 is 20.1 Å². The van der Waals surface area contributed by atoms with Crippen molar-refractivity contribution < 1.29 is 24.2 Å². The number of carbonyl (C=O) groups is 3. The Labute approximate surface area is 219 Å². The molecule has 1 aliphatic heterocycles. The molecular formula is C26H44N4O5S. The second-order valence-corrected chi connectivity index (χ2v) is 11.3. The van der Waals surface area contributed by atoms with Gasteiger partial charge in [0.05, 0.1) is 12.1 Å². The molecule has 9 nitrogen and oxygen atoms in total. The molecule has 1 saturated heterocycles. The predicted octanol–water partition coefficient (Wildman–Crippen LogP) is 3.24. The summed E-state index contributed by atoms with van der Waals surface area (Å²) in [6.07, 6.45) is 1.77. The molecule has 2 rings (SSSR count). The van der Waals surface area contributed by atoms with E-state index in [2.05, 4.69) is 15.2 Å². The zero-order valence-electron chi connectivity index (χ0n) is 23.0. The smallest absolute Gasteiger partial charge is 0.357 e. The topological polar surface area (TPSA) is 112 Å². The lowest BCUT2D eigenvalue weighted by Gasteiger charge is -2.38. The largest absolute Gasteiger partial charge is 0.461 e.